The Balaban J connectivity index is 2.42. The lowest BCUT2D eigenvalue weighted by atomic mass is 10.1. The molecule has 6 nitrogen and oxygen atoms in total. The SMILES string of the molecule is CCCCCC(O)CCCN(CCCc1ccc(C(=O)OC)cc1)S(C)(=O)=O. The molecule has 0 saturated heterocycles. The molecule has 0 aliphatic carbocycles. The quantitative estimate of drug-likeness (QED) is 0.373. The summed E-state index contributed by atoms with van der Waals surface area (Å²) in [4.78, 5) is 11.4. The lowest BCUT2D eigenvalue weighted by Gasteiger charge is -2.20. The summed E-state index contributed by atoms with van der Waals surface area (Å²) in [6.07, 6.45) is 7.65. The molecule has 0 aliphatic heterocycles. The van der Waals surface area contributed by atoms with E-state index in [1.807, 2.05) is 12.1 Å². The number of ether oxygens (including phenoxy) is 1. The minimum Gasteiger partial charge on any atom is -0.465 e. The van der Waals surface area contributed by atoms with Crippen molar-refractivity contribution < 1.29 is 23.1 Å². The molecular formula is C21H35NO5S. The number of carbonyl (C=O) groups excluding carboxylic acids is 1. The maximum Gasteiger partial charge on any atom is 0.337 e. The third kappa shape index (κ3) is 9.66. The molecule has 28 heavy (non-hydrogen) atoms. The minimum atomic E-state index is -3.27. The molecule has 1 N–H and O–H groups in total. The van der Waals surface area contributed by atoms with Crippen LogP contribution in [-0.2, 0) is 21.2 Å². The van der Waals surface area contributed by atoms with Crippen molar-refractivity contribution in [2.45, 2.75) is 64.4 Å². The standard InChI is InChI=1S/C21H35NO5S/c1-4-5-6-10-20(23)11-8-17-22(28(3,25)26)16-7-9-18-12-14-19(15-13-18)21(24)27-2/h12-15,20,23H,4-11,16-17H2,1-3H3. The van der Waals surface area contributed by atoms with Gasteiger partial charge in [0.05, 0.1) is 25.0 Å². The summed E-state index contributed by atoms with van der Waals surface area (Å²) in [6.45, 7) is 3.01. The summed E-state index contributed by atoms with van der Waals surface area (Å²) in [7, 11) is -1.92. The van der Waals surface area contributed by atoms with Crippen molar-refractivity contribution in [2.75, 3.05) is 26.5 Å². The van der Waals surface area contributed by atoms with Gasteiger partial charge in [0.25, 0.3) is 0 Å². The highest BCUT2D eigenvalue weighted by Crippen LogP contribution is 2.12. The number of carbonyl (C=O) groups is 1. The molecule has 0 heterocycles. The van der Waals surface area contributed by atoms with Crippen molar-refractivity contribution >= 4 is 16.0 Å². The predicted octanol–water partition coefficient (Wildman–Crippen LogP) is 3.39. The van der Waals surface area contributed by atoms with E-state index in [9.17, 15) is 18.3 Å². The van der Waals surface area contributed by atoms with Crippen LogP contribution in [0.5, 0.6) is 0 Å². The maximum absolute atomic E-state index is 12.0. The molecule has 1 atom stereocenters. The van der Waals surface area contributed by atoms with Gasteiger partial charge in [-0.2, -0.15) is 0 Å². The third-order valence-electron chi connectivity index (χ3n) is 4.80. The Hall–Kier alpha value is -1.44. The van der Waals surface area contributed by atoms with Gasteiger partial charge in [0, 0.05) is 13.1 Å². The van der Waals surface area contributed by atoms with Gasteiger partial charge in [-0.15, -0.1) is 0 Å². The zero-order valence-electron chi connectivity index (χ0n) is 17.4. The molecule has 0 spiro atoms. The van der Waals surface area contributed by atoms with E-state index in [2.05, 4.69) is 11.7 Å². The summed E-state index contributed by atoms with van der Waals surface area (Å²) >= 11 is 0. The average molecular weight is 414 g/mol. The van der Waals surface area contributed by atoms with E-state index in [0.29, 0.717) is 37.9 Å². The van der Waals surface area contributed by atoms with E-state index in [1.54, 1.807) is 12.1 Å². The van der Waals surface area contributed by atoms with Gasteiger partial charge in [-0.3, -0.25) is 0 Å². The van der Waals surface area contributed by atoms with E-state index in [4.69, 9.17) is 0 Å². The number of unbranched alkanes of at least 4 members (excludes halogenated alkanes) is 2. The molecule has 0 aliphatic rings. The molecule has 0 saturated carbocycles. The minimum absolute atomic E-state index is 0.346. The Labute approximate surface area is 169 Å². The summed E-state index contributed by atoms with van der Waals surface area (Å²) in [5, 5.41) is 9.99. The van der Waals surface area contributed by atoms with Crippen molar-refractivity contribution in [3.8, 4) is 0 Å². The lowest BCUT2D eigenvalue weighted by Crippen LogP contribution is -2.32. The Bertz CT molecular complexity index is 673. The highest BCUT2D eigenvalue weighted by atomic mass is 32.2. The van der Waals surface area contributed by atoms with Crippen molar-refractivity contribution in [1.82, 2.24) is 4.31 Å². The summed E-state index contributed by atoms with van der Waals surface area (Å²) in [5.41, 5.74) is 1.55. The molecule has 1 rings (SSSR count). The number of sulfonamides is 1. The fourth-order valence-electron chi connectivity index (χ4n) is 3.11. The second-order valence-corrected chi connectivity index (χ2v) is 9.23. The van der Waals surface area contributed by atoms with Crippen LogP contribution < -0.4 is 0 Å². The molecule has 0 bridgehead atoms. The molecule has 1 unspecified atom stereocenters. The molecule has 0 amide bonds. The Morgan fingerprint density at radius 1 is 1.07 bits per heavy atom. The van der Waals surface area contributed by atoms with Crippen LogP contribution in [0.25, 0.3) is 0 Å². The maximum atomic E-state index is 12.0. The molecule has 0 aromatic heterocycles. The fraction of sp³-hybridized carbons (Fsp3) is 0.667. The van der Waals surface area contributed by atoms with Crippen LogP contribution >= 0.6 is 0 Å². The summed E-state index contributed by atoms with van der Waals surface area (Å²) < 4.78 is 30.2. The van der Waals surface area contributed by atoms with Crippen LogP contribution in [0.3, 0.4) is 0 Å². The zero-order chi connectivity index (χ0) is 21.0. The van der Waals surface area contributed by atoms with Crippen LogP contribution in [0.1, 0.15) is 67.8 Å². The van der Waals surface area contributed by atoms with Crippen LogP contribution in [-0.4, -0.2) is 56.4 Å². The second-order valence-electron chi connectivity index (χ2n) is 7.25. The van der Waals surface area contributed by atoms with Gasteiger partial charge < -0.3 is 9.84 Å². The smallest absolute Gasteiger partial charge is 0.337 e. The van der Waals surface area contributed by atoms with Crippen LogP contribution in [0, 0.1) is 0 Å². The van der Waals surface area contributed by atoms with E-state index in [-0.39, 0.29) is 12.1 Å². The molecule has 1 aromatic rings. The van der Waals surface area contributed by atoms with Gasteiger partial charge in [-0.25, -0.2) is 17.5 Å². The molecule has 0 fully saturated rings. The number of nitrogens with zero attached hydrogens (tertiary/aromatic N) is 1. The summed E-state index contributed by atoms with van der Waals surface area (Å²) in [6, 6.07) is 7.16. The van der Waals surface area contributed by atoms with Gasteiger partial charge in [0.2, 0.25) is 10.0 Å². The lowest BCUT2D eigenvalue weighted by molar-refractivity contribution is 0.0600. The molecule has 7 heteroatoms. The van der Waals surface area contributed by atoms with Gasteiger partial charge >= 0.3 is 5.97 Å². The Morgan fingerprint density at radius 2 is 1.68 bits per heavy atom. The molecular weight excluding hydrogens is 378 g/mol. The number of esters is 1. The van der Waals surface area contributed by atoms with Gasteiger partial charge in [-0.05, 0) is 49.8 Å². The number of rotatable bonds is 14. The second kappa shape index (κ2) is 12.9. The van der Waals surface area contributed by atoms with E-state index < -0.39 is 10.0 Å². The topological polar surface area (TPSA) is 83.9 Å². The monoisotopic (exact) mass is 413 g/mol. The van der Waals surface area contributed by atoms with Crippen molar-refractivity contribution in [2.24, 2.45) is 0 Å². The molecule has 160 valence electrons. The molecule has 0 radical (unpaired) electrons. The first-order valence-corrected chi connectivity index (χ1v) is 11.9. The average Bonchev–Trinajstić information content (AvgIpc) is 2.66. The Kier molecular flexibility index (Phi) is 11.3. The van der Waals surface area contributed by atoms with Crippen molar-refractivity contribution in [1.29, 1.82) is 0 Å². The number of methoxy groups -OCH3 is 1. The first kappa shape index (κ1) is 24.6. The van der Waals surface area contributed by atoms with Crippen LogP contribution in [0.15, 0.2) is 24.3 Å². The highest BCUT2D eigenvalue weighted by Gasteiger charge is 2.16. The highest BCUT2D eigenvalue weighted by molar-refractivity contribution is 7.88. The number of hydrogen-bond donors (Lipinski definition) is 1. The van der Waals surface area contributed by atoms with Crippen molar-refractivity contribution in [3.05, 3.63) is 35.4 Å². The normalized spacial score (nSPS) is 12.9. The third-order valence-corrected chi connectivity index (χ3v) is 6.11. The van der Waals surface area contributed by atoms with Crippen molar-refractivity contribution in [3.63, 3.8) is 0 Å². The van der Waals surface area contributed by atoms with Crippen LogP contribution in [0.2, 0.25) is 0 Å². The zero-order valence-corrected chi connectivity index (χ0v) is 18.2. The van der Waals surface area contributed by atoms with E-state index in [1.165, 1.54) is 17.7 Å². The number of aliphatic hydroxyl groups is 1. The number of aryl methyl sites for hydroxylation is 1. The number of hydrogen-bond acceptors (Lipinski definition) is 5. The summed E-state index contributed by atoms with van der Waals surface area (Å²) in [5.74, 6) is -0.369. The van der Waals surface area contributed by atoms with Gasteiger partial charge in [0.15, 0.2) is 0 Å². The Morgan fingerprint density at radius 3 is 2.25 bits per heavy atom. The predicted molar refractivity (Wildman–Crippen MR) is 112 cm³/mol. The van der Waals surface area contributed by atoms with Gasteiger partial charge in [-0.1, -0.05) is 38.3 Å². The molecule has 1 aromatic carbocycles. The van der Waals surface area contributed by atoms with E-state index in [0.717, 1.165) is 37.7 Å². The fourth-order valence-corrected chi connectivity index (χ4v) is 4.03. The van der Waals surface area contributed by atoms with Gasteiger partial charge in [0.1, 0.15) is 0 Å². The first-order valence-electron chi connectivity index (χ1n) is 10.1. The first-order chi connectivity index (χ1) is 13.3. The van der Waals surface area contributed by atoms with Crippen LogP contribution in [0.4, 0.5) is 0 Å². The largest absolute Gasteiger partial charge is 0.465 e. The van der Waals surface area contributed by atoms with E-state index >= 15 is 0 Å². The number of benzene rings is 1. The number of aliphatic hydroxyl groups excluding tert-OH is 1.